The Labute approximate surface area is 143 Å². The third-order valence-corrected chi connectivity index (χ3v) is 4.35. The van der Waals surface area contributed by atoms with E-state index in [1.165, 1.54) is 11.3 Å². The van der Waals surface area contributed by atoms with Gasteiger partial charge >= 0.3 is 5.97 Å². The Morgan fingerprint density at radius 1 is 1.17 bits per heavy atom. The van der Waals surface area contributed by atoms with Crippen LogP contribution in [-0.4, -0.2) is 5.97 Å². The Morgan fingerprint density at radius 3 is 2.71 bits per heavy atom. The molecule has 3 rings (SSSR count). The highest BCUT2D eigenvalue weighted by Gasteiger charge is 2.20. The van der Waals surface area contributed by atoms with Crippen LogP contribution in [0.1, 0.15) is 21.5 Å². The van der Waals surface area contributed by atoms with Crippen LogP contribution < -0.4 is 5.73 Å². The maximum atomic E-state index is 12.5. The minimum absolute atomic E-state index is 0.187. The standard InChI is InChI=1S/C19H14N2O2S/c20-10-14-7-4-8-15(9-14)16-12-24-18(21)17(16)19(22)23-11-13-5-2-1-3-6-13/h1-9,12H,11,21H2. The molecule has 1 heterocycles. The van der Waals surface area contributed by atoms with Crippen LogP contribution in [0.25, 0.3) is 11.1 Å². The van der Waals surface area contributed by atoms with E-state index in [0.29, 0.717) is 21.7 Å². The quantitative estimate of drug-likeness (QED) is 0.725. The molecule has 0 atom stereocenters. The fourth-order valence-corrected chi connectivity index (χ4v) is 3.16. The van der Waals surface area contributed by atoms with Gasteiger partial charge in [0.2, 0.25) is 0 Å². The second-order valence-electron chi connectivity index (χ2n) is 5.14. The minimum Gasteiger partial charge on any atom is -0.457 e. The molecule has 2 aromatic carbocycles. The van der Waals surface area contributed by atoms with Crippen molar-refractivity contribution in [2.45, 2.75) is 6.61 Å². The molecule has 1 aromatic heterocycles. The SMILES string of the molecule is N#Cc1cccc(-c2csc(N)c2C(=O)OCc2ccccc2)c1. The lowest BCUT2D eigenvalue weighted by molar-refractivity contribution is 0.0475. The number of carbonyl (C=O) groups excluding carboxylic acids is 1. The van der Waals surface area contributed by atoms with Crippen LogP contribution in [0.4, 0.5) is 5.00 Å². The van der Waals surface area contributed by atoms with Crippen molar-refractivity contribution in [1.82, 2.24) is 0 Å². The number of rotatable bonds is 4. The van der Waals surface area contributed by atoms with Gasteiger partial charge in [-0.25, -0.2) is 4.79 Å². The van der Waals surface area contributed by atoms with Gasteiger partial charge in [-0.05, 0) is 23.3 Å². The average molecular weight is 334 g/mol. The van der Waals surface area contributed by atoms with Crippen LogP contribution in [0.3, 0.4) is 0 Å². The summed E-state index contributed by atoms with van der Waals surface area (Å²) in [6.07, 6.45) is 0. The van der Waals surface area contributed by atoms with Crippen LogP contribution in [0, 0.1) is 11.3 Å². The highest BCUT2D eigenvalue weighted by atomic mass is 32.1. The minimum atomic E-state index is -0.463. The fraction of sp³-hybridized carbons (Fsp3) is 0.0526. The maximum Gasteiger partial charge on any atom is 0.342 e. The second kappa shape index (κ2) is 6.99. The monoisotopic (exact) mass is 334 g/mol. The number of nitriles is 1. The van der Waals surface area contributed by atoms with E-state index in [9.17, 15) is 4.79 Å². The van der Waals surface area contributed by atoms with E-state index in [1.807, 2.05) is 41.8 Å². The highest BCUT2D eigenvalue weighted by Crippen LogP contribution is 2.34. The number of ether oxygens (including phenoxy) is 1. The zero-order valence-electron chi connectivity index (χ0n) is 12.7. The fourth-order valence-electron chi connectivity index (χ4n) is 2.35. The summed E-state index contributed by atoms with van der Waals surface area (Å²) in [6, 6.07) is 18.6. The Balaban J connectivity index is 1.87. The summed E-state index contributed by atoms with van der Waals surface area (Å²) >= 11 is 1.28. The molecule has 0 fully saturated rings. The van der Waals surface area contributed by atoms with Crippen molar-refractivity contribution in [1.29, 1.82) is 5.26 Å². The molecule has 0 spiro atoms. The first-order valence-electron chi connectivity index (χ1n) is 7.27. The van der Waals surface area contributed by atoms with Gasteiger partial charge in [-0.15, -0.1) is 11.3 Å². The number of carbonyl (C=O) groups is 1. The van der Waals surface area contributed by atoms with E-state index in [0.717, 1.165) is 11.1 Å². The summed E-state index contributed by atoms with van der Waals surface area (Å²) in [5, 5.41) is 11.3. The van der Waals surface area contributed by atoms with Crippen LogP contribution in [-0.2, 0) is 11.3 Å². The molecule has 118 valence electrons. The first-order chi connectivity index (χ1) is 11.7. The number of anilines is 1. The van der Waals surface area contributed by atoms with Crippen molar-refractivity contribution in [3.63, 3.8) is 0 Å². The molecule has 0 amide bonds. The first kappa shape index (κ1) is 15.8. The number of nitrogen functional groups attached to an aromatic ring is 1. The van der Waals surface area contributed by atoms with E-state index in [2.05, 4.69) is 6.07 Å². The zero-order valence-corrected chi connectivity index (χ0v) is 13.5. The third kappa shape index (κ3) is 3.29. The van der Waals surface area contributed by atoms with Gasteiger partial charge in [0, 0.05) is 10.9 Å². The number of hydrogen-bond donors (Lipinski definition) is 1. The lowest BCUT2D eigenvalue weighted by Crippen LogP contribution is -2.07. The lowest BCUT2D eigenvalue weighted by Gasteiger charge is -2.07. The van der Waals surface area contributed by atoms with E-state index in [4.69, 9.17) is 15.7 Å². The van der Waals surface area contributed by atoms with Gasteiger partial charge in [0.05, 0.1) is 11.6 Å². The Bertz CT molecular complexity index is 911. The molecule has 2 N–H and O–H groups in total. The maximum absolute atomic E-state index is 12.5. The summed E-state index contributed by atoms with van der Waals surface area (Å²) in [7, 11) is 0. The Hall–Kier alpha value is -3.10. The van der Waals surface area contributed by atoms with Gasteiger partial charge < -0.3 is 10.5 Å². The van der Waals surface area contributed by atoms with E-state index in [1.54, 1.807) is 18.2 Å². The molecule has 0 aliphatic carbocycles. The Morgan fingerprint density at radius 2 is 1.96 bits per heavy atom. The van der Waals surface area contributed by atoms with E-state index < -0.39 is 5.97 Å². The molecule has 3 aromatic rings. The van der Waals surface area contributed by atoms with Crippen molar-refractivity contribution < 1.29 is 9.53 Å². The van der Waals surface area contributed by atoms with Gasteiger partial charge in [0.25, 0.3) is 0 Å². The molecular formula is C19H14N2O2S. The average Bonchev–Trinajstić information content (AvgIpc) is 3.02. The summed E-state index contributed by atoms with van der Waals surface area (Å²) in [6.45, 7) is 0.187. The van der Waals surface area contributed by atoms with Crippen molar-refractivity contribution in [2.75, 3.05) is 5.73 Å². The molecule has 0 saturated carbocycles. The molecular weight excluding hydrogens is 320 g/mol. The van der Waals surface area contributed by atoms with Gasteiger partial charge in [0.1, 0.15) is 17.2 Å². The molecule has 5 heteroatoms. The highest BCUT2D eigenvalue weighted by molar-refractivity contribution is 7.14. The number of hydrogen-bond acceptors (Lipinski definition) is 5. The summed E-state index contributed by atoms with van der Waals surface area (Å²) in [4.78, 5) is 12.5. The molecule has 0 aliphatic heterocycles. The van der Waals surface area contributed by atoms with Gasteiger partial charge in [-0.2, -0.15) is 5.26 Å². The molecule has 0 radical (unpaired) electrons. The molecule has 0 aliphatic rings. The zero-order chi connectivity index (χ0) is 16.9. The van der Waals surface area contributed by atoms with Crippen molar-refractivity contribution in [3.8, 4) is 17.2 Å². The summed E-state index contributed by atoms with van der Waals surface area (Å²) in [5.74, 6) is -0.463. The first-order valence-corrected chi connectivity index (χ1v) is 8.15. The second-order valence-corrected chi connectivity index (χ2v) is 6.05. The van der Waals surface area contributed by atoms with Crippen molar-refractivity contribution in [2.24, 2.45) is 0 Å². The lowest BCUT2D eigenvalue weighted by atomic mass is 10.0. The van der Waals surface area contributed by atoms with Gasteiger partial charge in [0.15, 0.2) is 0 Å². The number of benzene rings is 2. The smallest absolute Gasteiger partial charge is 0.342 e. The third-order valence-electron chi connectivity index (χ3n) is 3.54. The number of nitrogens with two attached hydrogens (primary N) is 1. The van der Waals surface area contributed by atoms with Crippen LogP contribution in [0.2, 0.25) is 0 Å². The normalized spacial score (nSPS) is 10.1. The largest absolute Gasteiger partial charge is 0.457 e. The number of nitrogens with zero attached hydrogens (tertiary/aromatic N) is 1. The number of esters is 1. The van der Waals surface area contributed by atoms with Crippen LogP contribution in [0.15, 0.2) is 60.0 Å². The predicted octanol–water partition coefficient (Wildman–Crippen LogP) is 4.23. The summed E-state index contributed by atoms with van der Waals surface area (Å²) < 4.78 is 5.39. The summed E-state index contributed by atoms with van der Waals surface area (Å²) in [5.41, 5.74) is 9.22. The topological polar surface area (TPSA) is 76.1 Å². The molecule has 0 saturated heterocycles. The molecule has 0 bridgehead atoms. The molecule has 24 heavy (non-hydrogen) atoms. The molecule has 0 unspecified atom stereocenters. The number of thiophene rings is 1. The van der Waals surface area contributed by atoms with Crippen LogP contribution >= 0.6 is 11.3 Å². The van der Waals surface area contributed by atoms with Gasteiger partial charge in [-0.1, -0.05) is 42.5 Å². The van der Waals surface area contributed by atoms with Crippen molar-refractivity contribution >= 4 is 22.3 Å². The van der Waals surface area contributed by atoms with Gasteiger partial charge in [-0.3, -0.25) is 0 Å². The van der Waals surface area contributed by atoms with Crippen LogP contribution in [0.5, 0.6) is 0 Å². The van der Waals surface area contributed by atoms with E-state index in [-0.39, 0.29) is 6.61 Å². The molecule has 4 nitrogen and oxygen atoms in total. The Kier molecular flexibility index (Phi) is 4.59. The van der Waals surface area contributed by atoms with Crippen molar-refractivity contribution in [3.05, 3.63) is 76.7 Å². The van der Waals surface area contributed by atoms with E-state index >= 15 is 0 Å². The predicted molar refractivity (Wildman–Crippen MR) is 94.4 cm³/mol.